The summed E-state index contributed by atoms with van der Waals surface area (Å²) < 4.78 is 32.2. The van der Waals surface area contributed by atoms with Gasteiger partial charge in [0.25, 0.3) is 0 Å². The molecule has 3 N–H and O–H groups in total. The Hall–Kier alpha value is -0.910. The second-order valence-corrected chi connectivity index (χ2v) is 9.10. The summed E-state index contributed by atoms with van der Waals surface area (Å²) in [5.41, 5.74) is 0.851. The van der Waals surface area contributed by atoms with Crippen LogP contribution in [-0.4, -0.2) is 47.2 Å². The normalized spacial score (nSPS) is 20.0. The lowest BCUT2D eigenvalue weighted by molar-refractivity contribution is 0.204. The van der Waals surface area contributed by atoms with Crippen molar-refractivity contribution in [2.24, 2.45) is 10.9 Å². The third-order valence-corrected chi connectivity index (χ3v) is 6.39. The third kappa shape index (κ3) is 9.18. The molecule has 0 aliphatic heterocycles. The Bertz CT molecular complexity index is 735. The molecule has 0 atom stereocenters. The minimum atomic E-state index is -3.54. The maximum Gasteiger partial charge on any atom is 0.240 e. The molecule has 1 saturated carbocycles. The first-order chi connectivity index (χ1) is 13.4. The van der Waals surface area contributed by atoms with Crippen LogP contribution in [0.3, 0.4) is 0 Å². The third-order valence-electron chi connectivity index (χ3n) is 4.93. The highest BCUT2D eigenvalue weighted by molar-refractivity contribution is 14.0. The zero-order chi connectivity index (χ0) is 20.4. The predicted molar refractivity (Wildman–Crippen MR) is 128 cm³/mol. The second kappa shape index (κ2) is 13.4. The van der Waals surface area contributed by atoms with Crippen molar-refractivity contribution >= 4 is 40.0 Å². The van der Waals surface area contributed by atoms with E-state index < -0.39 is 10.0 Å². The molecule has 2 rings (SSSR count). The number of guanidine groups is 1. The number of sulfonamides is 1. The van der Waals surface area contributed by atoms with E-state index in [-0.39, 0.29) is 35.4 Å². The molecule has 1 aliphatic rings. The number of halogens is 1. The number of benzene rings is 1. The molecule has 1 aromatic rings. The molecule has 0 unspecified atom stereocenters. The van der Waals surface area contributed by atoms with Crippen LogP contribution in [0.5, 0.6) is 0 Å². The average molecular weight is 538 g/mol. The molecule has 0 radical (unpaired) electrons. The molecule has 1 fully saturated rings. The van der Waals surface area contributed by atoms with Gasteiger partial charge in [-0.2, -0.15) is 0 Å². The van der Waals surface area contributed by atoms with E-state index >= 15 is 0 Å². The number of ether oxygens (including phenoxy) is 1. The van der Waals surface area contributed by atoms with Crippen molar-refractivity contribution in [2.45, 2.75) is 57.0 Å². The van der Waals surface area contributed by atoms with Gasteiger partial charge < -0.3 is 15.4 Å². The van der Waals surface area contributed by atoms with Gasteiger partial charge in [-0.05, 0) is 56.2 Å². The Morgan fingerprint density at radius 3 is 2.62 bits per heavy atom. The van der Waals surface area contributed by atoms with Crippen LogP contribution < -0.4 is 15.4 Å². The van der Waals surface area contributed by atoms with Crippen LogP contribution in [0.15, 0.2) is 34.2 Å². The molecule has 29 heavy (non-hydrogen) atoms. The molecule has 0 spiro atoms. The zero-order valence-electron chi connectivity index (χ0n) is 17.6. The Balaban J connectivity index is 0.00000420. The maximum atomic E-state index is 12.4. The summed E-state index contributed by atoms with van der Waals surface area (Å²) in [4.78, 5) is 4.90. The lowest BCUT2D eigenvalue weighted by Gasteiger charge is -2.28. The first-order valence-electron chi connectivity index (χ1n) is 10.1. The van der Waals surface area contributed by atoms with Crippen LogP contribution in [-0.2, 0) is 21.3 Å². The lowest BCUT2D eigenvalue weighted by Crippen LogP contribution is -2.44. The van der Waals surface area contributed by atoms with Gasteiger partial charge in [0.2, 0.25) is 10.0 Å². The van der Waals surface area contributed by atoms with Gasteiger partial charge in [-0.15, -0.1) is 24.0 Å². The van der Waals surface area contributed by atoms with Gasteiger partial charge in [-0.1, -0.05) is 19.1 Å². The average Bonchev–Trinajstić information content (AvgIpc) is 2.68. The number of methoxy groups -OCH3 is 1. The van der Waals surface area contributed by atoms with Gasteiger partial charge >= 0.3 is 0 Å². The van der Waals surface area contributed by atoms with Crippen LogP contribution in [0.1, 0.15) is 45.1 Å². The van der Waals surface area contributed by atoms with Gasteiger partial charge in [-0.3, -0.25) is 0 Å². The van der Waals surface area contributed by atoms with E-state index in [1.54, 1.807) is 18.2 Å². The maximum absolute atomic E-state index is 12.4. The molecule has 0 aromatic heterocycles. The van der Waals surface area contributed by atoms with Gasteiger partial charge in [0.05, 0.1) is 18.0 Å². The monoisotopic (exact) mass is 538 g/mol. The Morgan fingerprint density at radius 1 is 1.24 bits per heavy atom. The van der Waals surface area contributed by atoms with Crippen molar-refractivity contribution in [3.63, 3.8) is 0 Å². The van der Waals surface area contributed by atoms with E-state index in [0.717, 1.165) is 36.8 Å². The number of aliphatic imine (C=N–C) groups is 1. The van der Waals surface area contributed by atoms with Crippen molar-refractivity contribution < 1.29 is 13.2 Å². The molecule has 0 heterocycles. The van der Waals surface area contributed by atoms with Crippen molar-refractivity contribution in [2.75, 3.05) is 26.8 Å². The first kappa shape index (κ1) is 26.1. The van der Waals surface area contributed by atoms with Crippen molar-refractivity contribution in [3.8, 4) is 0 Å². The summed E-state index contributed by atoms with van der Waals surface area (Å²) in [6.45, 7) is 6.13. The number of hydrogen-bond acceptors (Lipinski definition) is 4. The number of nitrogens with one attached hydrogen (secondary N) is 3. The van der Waals surface area contributed by atoms with E-state index in [2.05, 4.69) is 27.3 Å². The Kier molecular flexibility index (Phi) is 12.1. The van der Waals surface area contributed by atoms with Crippen LogP contribution in [0.25, 0.3) is 0 Å². The largest absolute Gasteiger partial charge is 0.383 e. The lowest BCUT2D eigenvalue weighted by atomic mass is 9.87. The molecule has 0 amide bonds. The summed E-state index contributed by atoms with van der Waals surface area (Å²) in [5, 5.41) is 6.81. The van der Waals surface area contributed by atoms with Gasteiger partial charge in [-0.25, -0.2) is 18.1 Å². The molecule has 1 aliphatic carbocycles. The smallest absolute Gasteiger partial charge is 0.240 e. The first-order valence-corrected chi connectivity index (χ1v) is 11.5. The molecule has 7 nitrogen and oxygen atoms in total. The Morgan fingerprint density at radius 2 is 1.97 bits per heavy atom. The summed E-state index contributed by atoms with van der Waals surface area (Å²) in [6.07, 6.45) is 4.80. The van der Waals surface area contributed by atoms with Crippen molar-refractivity contribution in [1.82, 2.24) is 15.4 Å². The molecule has 0 bridgehead atoms. The number of rotatable bonds is 9. The molecule has 1 aromatic carbocycles. The minimum absolute atomic E-state index is 0. The highest BCUT2D eigenvalue weighted by atomic mass is 127. The number of nitrogens with zero attached hydrogens (tertiary/aromatic N) is 1. The van der Waals surface area contributed by atoms with Gasteiger partial charge in [0.1, 0.15) is 0 Å². The van der Waals surface area contributed by atoms with Crippen LogP contribution in [0, 0.1) is 5.92 Å². The topological polar surface area (TPSA) is 91.8 Å². The number of hydrogen-bond donors (Lipinski definition) is 3. The fourth-order valence-electron chi connectivity index (χ4n) is 3.26. The molecule has 166 valence electrons. The summed E-state index contributed by atoms with van der Waals surface area (Å²) in [5.74, 6) is 1.59. The highest BCUT2D eigenvalue weighted by Gasteiger charge is 2.19. The fourth-order valence-corrected chi connectivity index (χ4v) is 4.34. The second-order valence-electron chi connectivity index (χ2n) is 7.33. The van der Waals surface area contributed by atoms with E-state index in [1.807, 2.05) is 13.0 Å². The van der Waals surface area contributed by atoms with E-state index in [1.165, 1.54) is 20.0 Å². The Labute approximate surface area is 192 Å². The standard InChI is InChI=1S/C20H34N4O3S.HI/c1-4-21-20(24-18-10-8-16(2)9-11-18)22-15-17-6-5-7-19(14-17)28(25,26)23-12-13-27-3;/h5-7,14,16,18,23H,4,8-13,15H2,1-3H3,(H2,21,22,24);1H. The van der Waals surface area contributed by atoms with Crippen molar-refractivity contribution in [3.05, 3.63) is 29.8 Å². The predicted octanol–water partition coefficient (Wildman–Crippen LogP) is 2.86. The van der Waals surface area contributed by atoms with Crippen LogP contribution in [0.4, 0.5) is 0 Å². The fraction of sp³-hybridized carbons (Fsp3) is 0.650. The minimum Gasteiger partial charge on any atom is -0.383 e. The molecular weight excluding hydrogens is 503 g/mol. The zero-order valence-corrected chi connectivity index (χ0v) is 20.8. The quantitative estimate of drug-likeness (QED) is 0.195. The SMILES string of the molecule is CCNC(=NCc1cccc(S(=O)(=O)NCCOC)c1)NC1CCC(C)CC1.I. The van der Waals surface area contributed by atoms with Gasteiger partial charge in [0.15, 0.2) is 5.96 Å². The summed E-state index contributed by atoms with van der Waals surface area (Å²) >= 11 is 0. The molecule has 0 saturated heterocycles. The molecular formula is C20H35IN4O3S. The summed E-state index contributed by atoms with van der Waals surface area (Å²) in [7, 11) is -2.00. The van der Waals surface area contributed by atoms with Crippen LogP contribution >= 0.6 is 24.0 Å². The van der Waals surface area contributed by atoms with Crippen LogP contribution in [0.2, 0.25) is 0 Å². The van der Waals surface area contributed by atoms with E-state index in [0.29, 0.717) is 19.2 Å². The van der Waals surface area contributed by atoms with E-state index in [9.17, 15) is 8.42 Å². The molecule has 9 heteroatoms. The highest BCUT2D eigenvalue weighted by Crippen LogP contribution is 2.23. The van der Waals surface area contributed by atoms with E-state index in [4.69, 9.17) is 4.74 Å². The van der Waals surface area contributed by atoms with Crippen molar-refractivity contribution in [1.29, 1.82) is 0 Å². The summed E-state index contributed by atoms with van der Waals surface area (Å²) in [6, 6.07) is 7.35. The van der Waals surface area contributed by atoms with Gasteiger partial charge in [0, 0.05) is 26.2 Å².